The maximum absolute atomic E-state index is 14.3. The Kier molecular flexibility index (Phi) is 11.9. The molecule has 0 radical (unpaired) electrons. The summed E-state index contributed by atoms with van der Waals surface area (Å²) in [6.45, 7) is 11.3. The highest BCUT2D eigenvalue weighted by Gasteiger charge is 2.37. The van der Waals surface area contributed by atoms with Crippen LogP contribution in [0.4, 0.5) is 10.5 Å². The molecule has 0 aliphatic heterocycles. The highest BCUT2D eigenvalue weighted by atomic mass is 16.6. The van der Waals surface area contributed by atoms with E-state index in [1.54, 1.807) is 20.8 Å². The van der Waals surface area contributed by atoms with Gasteiger partial charge in [-0.3, -0.25) is 14.4 Å². The minimum absolute atomic E-state index is 0.229. The van der Waals surface area contributed by atoms with E-state index in [4.69, 9.17) is 10.5 Å². The minimum atomic E-state index is -1.32. The summed E-state index contributed by atoms with van der Waals surface area (Å²) >= 11 is 0. The lowest BCUT2D eigenvalue weighted by atomic mass is 9.97. The Morgan fingerprint density at radius 3 is 2.16 bits per heavy atom. The number of carbonyl (C=O) groups excluding carboxylic acids is 4. The number of rotatable bonds is 13. The first-order chi connectivity index (χ1) is 20.8. The highest BCUT2D eigenvalue weighted by Crippen LogP contribution is 2.28. The fourth-order valence-electron chi connectivity index (χ4n) is 5.25. The average molecular weight is 603 g/mol. The molecule has 0 saturated heterocycles. The molecule has 3 aromatic rings. The van der Waals surface area contributed by atoms with Crippen molar-refractivity contribution in [2.45, 2.75) is 91.3 Å². The molecule has 44 heavy (non-hydrogen) atoms. The molecule has 4 N–H and O–H groups in total. The standard InChI is InChI=1S/C35H46N4O5/c1-7-8-9-12-17-39(33(42)29(22-30(36)40)38-34(43)44-35(4,5)6)31(27-19-23(2)18-24(3)20-27)32(41)37-28-16-15-25-13-10-11-14-26(25)21-28/h10-11,13-16,18-21,29,31H,7-9,12,17,22H2,1-6H3,(H2,36,40)(H,37,41)(H,38,43). The summed E-state index contributed by atoms with van der Waals surface area (Å²) in [5.41, 5.74) is 7.78. The molecule has 0 aliphatic rings. The van der Waals surface area contributed by atoms with E-state index in [1.165, 1.54) is 4.90 Å². The normalized spacial score (nSPS) is 12.7. The number of fused-ring (bicyclic) bond motifs is 1. The summed E-state index contributed by atoms with van der Waals surface area (Å²) in [4.78, 5) is 54.9. The van der Waals surface area contributed by atoms with Gasteiger partial charge < -0.3 is 26.0 Å². The van der Waals surface area contributed by atoms with Gasteiger partial charge in [0.15, 0.2) is 0 Å². The summed E-state index contributed by atoms with van der Waals surface area (Å²) in [6.07, 6.45) is 2.11. The van der Waals surface area contributed by atoms with E-state index in [0.717, 1.165) is 41.2 Å². The molecule has 0 heterocycles. The zero-order valence-corrected chi connectivity index (χ0v) is 26.7. The Morgan fingerprint density at radius 1 is 0.886 bits per heavy atom. The van der Waals surface area contributed by atoms with Gasteiger partial charge in [0.1, 0.15) is 17.7 Å². The van der Waals surface area contributed by atoms with Crippen LogP contribution in [-0.4, -0.2) is 46.9 Å². The molecule has 2 unspecified atom stereocenters. The molecule has 9 nitrogen and oxygen atoms in total. The lowest BCUT2D eigenvalue weighted by Crippen LogP contribution is -2.53. The van der Waals surface area contributed by atoms with E-state index < -0.39 is 47.9 Å². The van der Waals surface area contributed by atoms with Crippen molar-refractivity contribution in [1.82, 2.24) is 10.2 Å². The second-order valence-electron chi connectivity index (χ2n) is 12.3. The SMILES string of the molecule is CCCCCCN(C(=O)C(CC(N)=O)NC(=O)OC(C)(C)C)C(C(=O)Nc1ccc2ccccc2c1)c1cc(C)cc(C)c1. The van der Waals surface area contributed by atoms with E-state index in [-0.39, 0.29) is 6.54 Å². The number of benzene rings is 3. The smallest absolute Gasteiger partial charge is 0.408 e. The van der Waals surface area contributed by atoms with E-state index in [9.17, 15) is 19.2 Å². The maximum Gasteiger partial charge on any atom is 0.408 e. The summed E-state index contributed by atoms with van der Waals surface area (Å²) in [7, 11) is 0. The molecule has 0 aromatic heterocycles. The van der Waals surface area contributed by atoms with E-state index >= 15 is 0 Å². The molecule has 0 fully saturated rings. The van der Waals surface area contributed by atoms with Crippen LogP contribution < -0.4 is 16.4 Å². The van der Waals surface area contributed by atoms with Crippen LogP contribution in [0.1, 0.15) is 82.5 Å². The minimum Gasteiger partial charge on any atom is -0.444 e. The van der Waals surface area contributed by atoms with Gasteiger partial charge in [0, 0.05) is 12.2 Å². The number of alkyl carbamates (subject to hydrolysis) is 1. The van der Waals surface area contributed by atoms with Crippen LogP contribution in [0.3, 0.4) is 0 Å². The number of anilines is 1. The van der Waals surface area contributed by atoms with Gasteiger partial charge in [0.2, 0.25) is 11.8 Å². The Morgan fingerprint density at radius 2 is 1.55 bits per heavy atom. The van der Waals surface area contributed by atoms with E-state index in [0.29, 0.717) is 17.7 Å². The highest BCUT2D eigenvalue weighted by molar-refractivity contribution is 6.01. The predicted octanol–water partition coefficient (Wildman–Crippen LogP) is 6.31. The number of ether oxygens (including phenoxy) is 1. The van der Waals surface area contributed by atoms with E-state index in [1.807, 2.05) is 74.5 Å². The molecule has 0 aliphatic carbocycles. The molecule has 0 bridgehead atoms. The maximum atomic E-state index is 14.3. The lowest BCUT2D eigenvalue weighted by molar-refractivity contribution is -0.142. The number of carbonyl (C=O) groups is 4. The van der Waals surface area contributed by atoms with Crippen molar-refractivity contribution in [1.29, 1.82) is 0 Å². The first-order valence-corrected chi connectivity index (χ1v) is 15.2. The van der Waals surface area contributed by atoms with Gasteiger partial charge in [0.25, 0.3) is 5.91 Å². The fourth-order valence-corrected chi connectivity index (χ4v) is 5.25. The summed E-state index contributed by atoms with van der Waals surface area (Å²) < 4.78 is 5.38. The Bertz CT molecular complexity index is 1460. The van der Waals surface area contributed by atoms with Gasteiger partial charge >= 0.3 is 6.09 Å². The molecule has 0 saturated carbocycles. The van der Waals surface area contributed by atoms with Crippen LogP contribution in [0.25, 0.3) is 10.8 Å². The van der Waals surface area contributed by atoms with Gasteiger partial charge in [-0.05, 0) is 69.5 Å². The van der Waals surface area contributed by atoms with Crippen molar-refractivity contribution in [3.63, 3.8) is 0 Å². The number of nitrogens with two attached hydrogens (primary N) is 1. The fraction of sp³-hybridized carbons (Fsp3) is 0.429. The molecule has 4 amide bonds. The van der Waals surface area contributed by atoms with Crippen molar-refractivity contribution < 1.29 is 23.9 Å². The quantitative estimate of drug-likeness (QED) is 0.197. The third-order valence-corrected chi connectivity index (χ3v) is 7.07. The van der Waals surface area contributed by atoms with Crippen molar-refractivity contribution >= 4 is 40.3 Å². The summed E-state index contributed by atoms with van der Waals surface area (Å²) in [5, 5.41) is 7.56. The summed E-state index contributed by atoms with van der Waals surface area (Å²) in [6, 6.07) is 16.9. The molecular weight excluding hydrogens is 556 g/mol. The van der Waals surface area contributed by atoms with E-state index in [2.05, 4.69) is 17.6 Å². The molecule has 3 aromatic carbocycles. The van der Waals surface area contributed by atoms with Gasteiger partial charge in [-0.25, -0.2) is 4.79 Å². The Hall–Kier alpha value is -4.40. The zero-order valence-electron chi connectivity index (χ0n) is 26.7. The molecule has 236 valence electrons. The largest absolute Gasteiger partial charge is 0.444 e. The topological polar surface area (TPSA) is 131 Å². The molecule has 3 rings (SSSR count). The van der Waals surface area contributed by atoms with Crippen LogP contribution in [-0.2, 0) is 19.1 Å². The van der Waals surface area contributed by atoms with Crippen LogP contribution in [0.2, 0.25) is 0 Å². The number of aryl methyl sites for hydroxylation is 2. The average Bonchev–Trinajstić information content (AvgIpc) is 2.92. The predicted molar refractivity (Wildman–Crippen MR) is 174 cm³/mol. The van der Waals surface area contributed by atoms with Gasteiger partial charge in [0.05, 0.1) is 6.42 Å². The first kappa shape index (κ1) is 34.1. The lowest BCUT2D eigenvalue weighted by Gasteiger charge is -2.34. The van der Waals surface area contributed by atoms with Crippen LogP contribution in [0.5, 0.6) is 0 Å². The Labute approximate surface area is 260 Å². The van der Waals surface area contributed by atoms with Crippen LogP contribution in [0, 0.1) is 13.8 Å². The third-order valence-electron chi connectivity index (χ3n) is 7.07. The number of amides is 4. The molecule has 9 heteroatoms. The first-order valence-electron chi connectivity index (χ1n) is 15.2. The van der Waals surface area contributed by atoms with Gasteiger partial charge in [-0.15, -0.1) is 0 Å². The van der Waals surface area contributed by atoms with Crippen molar-refractivity contribution in [2.75, 3.05) is 11.9 Å². The van der Waals surface area contributed by atoms with Crippen LogP contribution >= 0.6 is 0 Å². The molecule has 0 spiro atoms. The van der Waals surface area contributed by atoms with Crippen LogP contribution in [0.15, 0.2) is 60.7 Å². The second kappa shape index (κ2) is 15.4. The number of unbranched alkanes of at least 4 members (excludes halogenated alkanes) is 3. The van der Waals surface area contributed by atoms with Gasteiger partial charge in [-0.1, -0.05) is 85.8 Å². The summed E-state index contributed by atoms with van der Waals surface area (Å²) in [5.74, 6) is -1.78. The van der Waals surface area contributed by atoms with Gasteiger partial charge in [-0.2, -0.15) is 0 Å². The number of hydrogen-bond donors (Lipinski definition) is 3. The molecule has 2 atom stereocenters. The number of nitrogens with one attached hydrogen (secondary N) is 2. The van der Waals surface area contributed by atoms with Crippen molar-refractivity contribution in [3.8, 4) is 0 Å². The Balaban J connectivity index is 2.07. The second-order valence-corrected chi connectivity index (χ2v) is 12.3. The number of nitrogens with zero attached hydrogens (tertiary/aromatic N) is 1. The number of primary amides is 1. The monoisotopic (exact) mass is 602 g/mol. The molecular formula is C35H46N4O5. The van der Waals surface area contributed by atoms with Crippen molar-refractivity contribution in [2.24, 2.45) is 5.73 Å². The zero-order chi connectivity index (χ0) is 32.4. The van der Waals surface area contributed by atoms with Crippen molar-refractivity contribution in [3.05, 3.63) is 77.4 Å². The third kappa shape index (κ3) is 10.1. The number of hydrogen-bond acceptors (Lipinski definition) is 5.